The van der Waals surface area contributed by atoms with Crippen LogP contribution in [-0.4, -0.2) is 22.8 Å². The van der Waals surface area contributed by atoms with Gasteiger partial charge in [0.05, 0.1) is 5.56 Å². The van der Waals surface area contributed by atoms with Crippen molar-refractivity contribution >= 4 is 11.8 Å². The predicted molar refractivity (Wildman–Crippen MR) is 55.4 cm³/mol. The number of nitrogens with zero attached hydrogens (tertiary/aromatic N) is 1. The molecule has 0 aliphatic carbocycles. The van der Waals surface area contributed by atoms with Crippen LogP contribution in [0.3, 0.4) is 0 Å². The maximum absolute atomic E-state index is 11.5. The number of rotatable bonds is 3. The number of carbonyl (C=O) groups is 2. The summed E-state index contributed by atoms with van der Waals surface area (Å²) in [6.45, 7) is 3.73. The number of aromatic nitrogens is 1. The molecule has 0 aliphatic rings. The molecule has 3 N–H and O–H groups in total. The standard InChI is InChI=1S/C10H13N3O2/c1-6(2)13-10(15)7-3-4-8(9(11)14)12-5-7/h3-6H,1-2H3,(H2,11,14)(H,13,15). The van der Waals surface area contributed by atoms with Gasteiger partial charge in [-0.05, 0) is 26.0 Å². The summed E-state index contributed by atoms with van der Waals surface area (Å²) in [5, 5.41) is 2.71. The normalized spacial score (nSPS) is 10.1. The molecule has 0 atom stereocenters. The van der Waals surface area contributed by atoms with Crippen molar-refractivity contribution in [3.63, 3.8) is 0 Å². The Kier molecular flexibility index (Phi) is 3.38. The Hall–Kier alpha value is -1.91. The minimum absolute atomic E-state index is 0.0633. The van der Waals surface area contributed by atoms with E-state index in [0.29, 0.717) is 5.56 Å². The number of hydrogen-bond donors (Lipinski definition) is 2. The van der Waals surface area contributed by atoms with Crippen LogP contribution in [0.15, 0.2) is 18.3 Å². The molecule has 1 aromatic rings. The average molecular weight is 207 g/mol. The van der Waals surface area contributed by atoms with Gasteiger partial charge in [0, 0.05) is 12.2 Å². The van der Waals surface area contributed by atoms with Gasteiger partial charge in [-0.3, -0.25) is 14.6 Å². The van der Waals surface area contributed by atoms with Gasteiger partial charge >= 0.3 is 0 Å². The fourth-order valence-electron chi connectivity index (χ4n) is 1.02. The van der Waals surface area contributed by atoms with E-state index in [2.05, 4.69) is 10.3 Å². The van der Waals surface area contributed by atoms with Crippen LogP contribution in [0.2, 0.25) is 0 Å². The lowest BCUT2D eigenvalue weighted by atomic mass is 10.2. The van der Waals surface area contributed by atoms with E-state index in [9.17, 15) is 9.59 Å². The monoisotopic (exact) mass is 207 g/mol. The van der Waals surface area contributed by atoms with Gasteiger partial charge in [0.2, 0.25) is 0 Å². The molecule has 0 bridgehead atoms. The first-order valence-electron chi connectivity index (χ1n) is 4.57. The molecule has 0 fully saturated rings. The van der Waals surface area contributed by atoms with Crippen LogP contribution < -0.4 is 11.1 Å². The van der Waals surface area contributed by atoms with Gasteiger partial charge in [-0.25, -0.2) is 0 Å². The van der Waals surface area contributed by atoms with Crippen LogP contribution in [0, 0.1) is 0 Å². The highest BCUT2D eigenvalue weighted by atomic mass is 16.2. The summed E-state index contributed by atoms with van der Waals surface area (Å²) < 4.78 is 0. The number of primary amides is 1. The van der Waals surface area contributed by atoms with E-state index in [1.165, 1.54) is 18.3 Å². The van der Waals surface area contributed by atoms with Gasteiger partial charge in [-0.2, -0.15) is 0 Å². The van der Waals surface area contributed by atoms with Crippen molar-refractivity contribution in [3.05, 3.63) is 29.6 Å². The topological polar surface area (TPSA) is 85.1 Å². The second kappa shape index (κ2) is 4.54. The minimum Gasteiger partial charge on any atom is -0.364 e. The summed E-state index contributed by atoms with van der Waals surface area (Å²) in [5.41, 5.74) is 5.58. The second-order valence-corrected chi connectivity index (χ2v) is 3.42. The summed E-state index contributed by atoms with van der Waals surface area (Å²) >= 11 is 0. The molecule has 15 heavy (non-hydrogen) atoms. The van der Waals surface area contributed by atoms with Gasteiger partial charge in [0.15, 0.2) is 0 Å². The molecule has 1 aromatic heterocycles. The van der Waals surface area contributed by atoms with Crippen molar-refractivity contribution in [1.82, 2.24) is 10.3 Å². The predicted octanol–water partition coefficient (Wildman–Crippen LogP) is 0.319. The Morgan fingerprint density at radius 1 is 1.40 bits per heavy atom. The zero-order chi connectivity index (χ0) is 11.4. The number of carbonyl (C=O) groups excluding carboxylic acids is 2. The van der Waals surface area contributed by atoms with E-state index < -0.39 is 5.91 Å². The summed E-state index contributed by atoms with van der Waals surface area (Å²) in [6, 6.07) is 3.01. The van der Waals surface area contributed by atoms with Gasteiger partial charge in [-0.1, -0.05) is 0 Å². The number of pyridine rings is 1. The molecule has 80 valence electrons. The molecule has 5 nitrogen and oxygen atoms in total. The zero-order valence-electron chi connectivity index (χ0n) is 8.65. The lowest BCUT2D eigenvalue weighted by Crippen LogP contribution is -2.30. The van der Waals surface area contributed by atoms with E-state index in [-0.39, 0.29) is 17.6 Å². The minimum atomic E-state index is -0.606. The Bertz CT molecular complexity index is 371. The Balaban J connectivity index is 2.80. The van der Waals surface area contributed by atoms with Crippen LogP contribution in [0.25, 0.3) is 0 Å². The lowest BCUT2D eigenvalue weighted by Gasteiger charge is -2.07. The van der Waals surface area contributed by atoms with Crippen molar-refractivity contribution in [1.29, 1.82) is 0 Å². The highest BCUT2D eigenvalue weighted by Crippen LogP contribution is 2.00. The molecule has 0 radical (unpaired) electrons. The Morgan fingerprint density at radius 2 is 2.07 bits per heavy atom. The van der Waals surface area contributed by atoms with Crippen LogP contribution >= 0.6 is 0 Å². The molecule has 2 amide bonds. The number of nitrogens with one attached hydrogen (secondary N) is 1. The van der Waals surface area contributed by atoms with Crippen LogP contribution in [0.1, 0.15) is 34.7 Å². The summed E-state index contributed by atoms with van der Waals surface area (Å²) in [4.78, 5) is 26.0. The van der Waals surface area contributed by atoms with E-state index in [0.717, 1.165) is 0 Å². The van der Waals surface area contributed by atoms with E-state index in [1.54, 1.807) is 0 Å². The quantitative estimate of drug-likeness (QED) is 0.748. The van der Waals surface area contributed by atoms with Gasteiger partial charge < -0.3 is 11.1 Å². The van der Waals surface area contributed by atoms with Crippen molar-refractivity contribution in [2.24, 2.45) is 5.73 Å². The molecule has 0 saturated carbocycles. The second-order valence-electron chi connectivity index (χ2n) is 3.42. The number of nitrogens with two attached hydrogens (primary N) is 1. The number of amides is 2. The Labute approximate surface area is 87.7 Å². The Morgan fingerprint density at radius 3 is 2.47 bits per heavy atom. The molecular weight excluding hydrogens is 194 g/mol. The fraction of sp³-hybridized carbons (Fsp3) is 0.300. The third-order valence-corrected chi connectivity index (χ3v) is 1.70. The molecular formula is C10H13N3O2. The SMILES string of the molecule is CC(C)NC(=O)c1ccc(C(N)=O)nc1. The van der Waals surface area contributed by atoms with Gasteiger partial charge in [0.25, 0.3) is 11.8 Å². The largest absolute Gasteiger partial charge is 0.364 e. The van der Waals surface area contributed by atoms with Crippen LogP contribution in [0.4, 0.5) is 0 Å². The summed E-state index contributed by atoms with van der Waals surface area (Å²) in [6.07, 6.45) is 1.33. The van der Waals surface area contributed by atoms with E-state index in [4.69, 9.17) is 5.73 Å². The van der Waals surface area contributed by atoms with Crippen LogP contribution in [0.5, 0.6) is 0 Å². The molecule has 1 rings (SSSR count). The maximum Gasteiger partial charge on any atom is 0.267 e. The third kappa shape index (κ3) is 3.05. The average Bonchev–Trinajstić information content (AvgIpc) is 2.17. The number of hydrogen-bond acceptors (Lipinski definition) is 3. The first kappa shape index (κ1) is 11.2. The molecule has 1 heterocycles. The van der Waals surface area contributed by atoms with E-state index >= 15 is 0 Å². The third-order valence-electron chi connectivity index (χ3n) is 1.70. The zero-order valence-corrected chi connectivity index (χ0v) is 8.65. The van der Waals surface area contributed by atoms with E-state index in [1.807, 2.05) is 13.8 Å². The molecule has 0 saturated heterocycles. The molecule has 0 spiro atoms. The first-order chi connectivity index (χ1) is 7.00. The van der Waals surface area contributed by atoms with Crippen molar-refractivity contribution in [2.75, 3.05) is 0 Å². The molecule has 0 unspecified atom stereocenters. The molecule has 0 aromatic carbocycles. The highest BCUT2D eigenvalue weighted by molar-refractivity contribution is 5.95. The molecule has 5 heteroatoms. The van der Waals surface area contributed by atoms with Gasteiger partial charge in [-0.15, -0.1) is 0 Å². The highest BCUT2D eigenvalue weighted by Gasteiger charge is 2.08. The van der Waals surface area contributed by atoms with Crippen LogP contribution in [-0.2, 0) is 0 Å². The maximum atomic E-state index is 11.5. The molecule has 0 aliphatic heterocycles. The van der Waals surface area contributed by atoms with Crippen molar-refractivity contribution < 1.29 is 9.59 Å². The van der Waals surface area contributed by atoms with Crippen molar-refractivity contribution in [2.45, 2.75) is 19.9 Å². The van der Waals surface area contributed by atoms with Crippen molar-refractivity contribution in [3.8, 4) is 0 Å². The fourth-order valence-corrected chi connectivity index (χ4v) is 1.02. The summed E-state index contributed by atoms with van der Waals surface area (Å²) in [7, 11) is 0. The lowest BCUT2D eigenvalue weighted by molar-refractivity contribution is 0.0939. The first-order valence-corrected chi connectivity index (χ1v) is 4.57. The summed E-state index contributed by atoms with van der Waals surface area (Å²) in [5.74, 6) is -0.820. The van der Waals surface area contributed by atoms with Gasteiger partial charge in [0.1, 0.15) is 5.69 Å². The smallest absolute Gasteiger partial charge is 0.267 e.